The summed E-state index contributed by atoms with van der Waals surface area (Å²) in [5.41, 5.74) is 2.75. The summed E-state index contributed by atoms with van der Waals surface area (Å²) in [6.45, 7) is 5.72. The first kappa shape index (κ1) is 40.2. The lowest BCUT2D eigenvalue weighted by Gasteiger charge is -2.34. The first-order valence-corrected chi connectivity index (χ1v) is 21.1. The lowest BCUT2D eigenvalue weighted by molar-refractivity contribution is -0.146. The molecule has 320 valence electrons. The van der Waals surface area contributed by atoms with Gasteiger partial charge in [0, 0.05) is 35.3 Å². The highest BCUT2D eigenvalue weighted by Gasteiger charge is 2.66. The molecule has 0 aliphatic carbocycles. The van der Waals surface area contributed by atoms with Crippen molar-refractivity contribution in [3.63, 3.8) is 0 Å². The highest BCUT2D eigenvalue weighted by atomic mass is 16.5. The first-order chi connectivity index (χ1) is 30.4. The zero-order valence-corrected chi connectivity index (χ0v) is 35.0. The van der Waals surface area contributed by atoms with Crippen LogP contribution in [-0.2, 0) is 37.8 Å². The van der Waals surface area contributed by atoms with Gasteiger partial charge in [-0.1, -0.05) is 78.9 Å². The SMILES string of the molecule is C[C@H]1[C@H](C(C)(C)O)[C@@H](CCn2cc([C@H](O)c3ccccc3)nn2)O[C@]12C(=O)N(Cc1ccc(N3C(=O)COc4ccccc43)cc1)c1ccc(N3C(=O)COc4ccccc43)cc12. The van der Waals surface area contributed by atoms with Crippen LogP contribution in [0.4, 0.5) is 28.4 Å². The zero-order chi connectivity index (χ0) is 43.6. The van der Waals surface area contributed by atoms with Crippen LogP contribution in [0.2, 0.25) is 0 Å². The van der Waals surface area contributed by atoms with Crippen LogP contribution in [0.5, 0.6) is 11.5 Å². The van der Waals surface area contributed by atoms with Crippen LogP contribution in [-0.4, -0.2) is 67.8 Å². The van der Waals surface area contributed by atoms with E-state index in [0.717, 1.165) is 5.56 Å². The molecule has 5 atom stereocenters. The van der Waals surface area contributed by atoms with E-state index in [4.69, 9.17) is 14.2 Å². The van der Waals surface area contributed by atoms with Gasteiger partial charge in [-0.25, -0.2) is 0 Å². The summed E-state index contributed by atoms with van der Waals surface area (Å²) < 4.78 is 20.2. The standard InChI is InChI=1S/C49H46N6O8/c1-30-45(48(2,3)60)42(23-24-52-27-36(50-51-52)46(58)32-11-5-4-6-12-32)63-49(30)35-25-34(55-39-14-8-10-16-41(39)62-29-44(55)57)21-22-37(35)53(47(49)59)26-31-17-19-33(20-18-31)54-38-13-7-9-15-40(38)61-28-43(54)56/h4-22,25,27,30,42,45-46,58,60H,23-24,26,28-29H2,1-3H3/t30-,42+,45-,46+,49+/m0/s1. The summed E-state index contributed by atoms with van der Waals surface area (Å²) in [5.74, 6) is -0.617. The van der Waals surface area contributed by atoms with E-state index in [0.29, 0.717) is 69.7 Å². The number of rotatable bonds is 10. The Bertz CT molecular complexity index is 2730. The molecule has 4 aliphatic heterocycles. The molecule has 0 bridgehead atoms. The Morgan fingerprint density at radius 1 is 0.778 bits per heavy atom. The van der Waals surface area contributed by atoms with Crippen LogP contribution in [0.15, 0.2) is 128 Å². The molecule has 5 aromatic carbocycles. The summed E-state index contributed by atoms with van der Waals surface area (Å²) in [6, 6.07) is 37.0. The quantitative estimate of drug-likeness (QED) is 0.151. The highest BCUT2D eigenvalue weighted by Crippen LogP contribution is 2.59. The summed E-state index contributed by atoms with van der Waals surface area (Å²) in [5, 5.41) is 31.4. The van der Waals surface area contributed by atoms with Gasteiger partial charge in [-0.15, -0.1) is 5.10 Å². The molecule has 14 nitrogen and oxygen atoms in total. The normalized spacial score (nSPS) is 22.1. The van der Waals surface area contributed by atoms with Gasteiger partial charge < -0.3 is 29.3 Å². The Morgan fingerprint density at radius 3 is 2.03 bits per heavy atom. The maximum absolute atomic E-state index is 15.4. The third-order valence-corrected chi connectivity index (χ3v) is 12.8. The lowest BCUT2D eigenvalue weighted by Crippen LogP contribution is -2.46. The maximum Gasteiger partial charge on any atom is 0.269 e. The van der Waals surface area contributed by atoms with Gasteiger partial charge in [0.2, 0.25) is 0 Å². The van der Waals surface area contributed by atoms with E-state index in [1.165, 1.54) is 0 Å². The van der Waals surface area contributed by atoms with E-state index in [9.17, 15) is 19.8 Å². The molecule has 1 spiro atoms. The molecule has 2 N–H and O–H groups in total. The second-order valence-corrected chi connectivity index (χ2v) is 17.1. The number of hydrogen-bond acceptors (Lipinski definition) is 10. The first-order valence-electron chi connectivity index (χ1n) is 21.1. The Hall–Kier alpha value is -6.87. The zero-order valence-electron chi connectivity index (χ0n) is 35.0. The van der Waals surface area contributed by atoms with Gasteiger partial charge in [0.15, 0.2) is 18.8 Å². The van der Waals surface area contributed by atoms with Crippen molar-refractivity contribution < 1.29 is 38.8 Å². The number of ether oxygens (including phenoxy) is 3. The van der Waals surface area contributed by atoms with Gasteiger partial charge in [0.1, 0.15) is 23.3 Å². The Balaban J connectivity index is 1.00. The van der Waals surface area contributed by atoms with Crippen LogP contribution in [0.1, 0.15) is 55.7 Å². The van der Waals surface area contributed by atoms with E-state index in [-0.39, 0.29) is 37.5 Å². The molecule has 1 saturated heterocycles. The van der Waals surface area contributed by atoms with Crippen LogP contribution in [0.3, 0.4) is 0 Å². The van der Waals surface area contributed by atoms with Crippen LogP contribution >= 0.6 is 0 Å². The average Bonchev–Trinajstić information content (AvgIpc) is 3.96. The minimum atomic E-state index is -1.55. The van der Waals surface area contributed by atoms with Crippen molar-refractivity contribution in [2.45, 2.75) is 63.7 Å². The van der Waals surface area contributed by atoms with Gasteiger partial charge in [-0.2, -0.15) is 0 Å². The fraction of sp³-hybridized carbons (Fsp3) is 0.286. The summed E-state index contributed by atoms with van der Waals surface area (Å²) in [7, 11) is 0. The number of anilines is 5. The van der Waals surface area contributed by atoms with Crippen LogP contribution < -0.4 is 24.2 Å². The molecule has 1 aromatic heterocycles. The topological polar surface area (TPSA) is 160 Å². The average molecular weight is 847 g/mol. The summed E-state index contributed by atoms with van der Waals surface area (Å²) >= 11 is 0. The minimum absolute atomic E-state index is 0.0778. The van der Waals surface area contributed by atoms with Gasteiger partial charge in [-0.05, 0) is 86.0 Å². The number of aliphatic hydroxyl groups is 2. The van der Waals surface area contributed by atoms with Crippen molar-refractivity contribution in [2.75, 3.05) is 27.9 Å². The number of benzene rings is 5. The number of amides is 3. The Labute approximate surface area is 363 Å². The van der Waals surface area contributed by atoms with Crippen molar-refractivity contribution in [1.82, 2.24) is 15.0 Å². The van der Waals surface area contributed by atoms with Gasteiger partial charge >= 0.3 is 0 Å². The van der Waals surface area contributed by atoms with Crippen molar-refractivity contribution in [2.24, 2.45) is 11.8 Å². The summed E-state index contributed by atoms with van der Waals surface area (Å²) in [6.07, 6.45) is 0.493. The molecule has 6 aromatic rings. The van der Waals surface area contributed by atoms with Gasteiger partial charge in [0.25, 0.3) is 17.7 Å². The van der Waals surface area contributed by atoms with Crippen molar-refractivity contribution >= 4 is 46.2 Å². The molecule has 0 unspecified atom stereocenters. The van der Waals surface area contributed by atoms with Crippen molar-refractivity contribution in [3.8, 4) is 11.5 Å². The Kier molecular flexibility index (Phi) is 9.89. The number of fused-ring (bicyclic) bond motifs is 4. The molecule has 1 fully saturated rings. The summed E-state index contributed by atoms with van der Waals surface area (Å²) in [4.78, 5) is 47.1. The van der Waals surface area contributed by atoms with Gasteiger partial charge in [-0.3, -0.25) is 28.9 Å². The van der Waals surface area contributed by atoms with Crippen LogP contribution in [0, 0.1) is 11.8 Å². The maximum atomic E-state index is 15.4. The number of carbonyl (C=O) groups excluding carboxylic acids is 3. The fourth-order valence-corrected chi connectivity index (χ4v) is 9.95. The molecule has 10 rings (SSSR count). The fourth-order valence-electron chi connectivity index (χ4n) is 9.95. The third-order valence-electron chi connectivity index (χ3n) is 12.8. The number of aliphatic hydroxyl groups excluding tert-OH is 1. The molecular weight excluding hydrogens is 801 g/mol. The molecule has 5 heterocycles. The molecule has 63 heavy (non-hydrogen) atoms. The van der Waals surface area contributed by atoms with E-state index < -0.39 is 35.2 Å². The third kappa shape index (κ3) is 6.81. The van der Waals surface area contributed by atoms with Crippen molar-refractivity contribution in [3.05, 3.63) is 150 Å². The van der Waals surface area contributed by atoms with Gasteiger partial charge in [0.05, 0.1) is 41.5 Å². The lowest BCUT2D eigenvalue weighted by atomic mass is 9.70. The predicted octanol–water partition coefficient (Wildman–Crippen LogP) is 6.73. The minimum Gasteiger partial charge on any atom is -0.482 e. The van der Waals surface area contributed by atoms with E-state index in [2.05, 4.69) is 10.3 Å². The Morgan fingerprint density at radius 2 is 1.38 bits per heavy atom. The molecule has 14 heteroatoms. The van der Waals surface area contributed by atoms with Crippen molar-refractivity contribution in [1.29, 1.82) is 0 Å². The monoisotopic (exact) mass is 846 g/mol. The van der Waals surface area contributed by atoms with Crippen LogP contribution in [0.25, 0.3) is 0 Å². The smallest absolute Gasteiger partial charge is 0.269 e. The number of para-hydroxylation sites is 4. The molecule has 0 saturated carbocycles. The number of nitrogens with zero attached hydrogens (tertiary/aromatic N) is 6. The largest absolute Gasteiger partial charge is 0.482 e. The molecule has 4 aliphatic rings. The predicted molar refractivity (Wildman–Crippen MR) is 233 cm³/mol. The number of carbonyl (C=O) groups is 3. The number of aryl methyl sites for hydroxylation is 1. The molecule has 3 amide bonds. The highest BCUT2D eigenvalue weighted by molar-refractivity contribution is 6.10. The van der Waals surface area contributed by atoms with E-state index in [1.54, 1.807) is 39.4 Å². The second kappa shape index (κ2) is 15.5. The molecule has 0 radical (unpaired) electrons. The van der Waals surface area contributed by atoms with E-state index in [1.807, 2.05) is 128 Å². The van der Waals surface area contributed by atoms with E-state index >= 15 is 4.79 Å². The number of hydrogen-bond donors (Lipinski definition) is 2. The molecular formula is C49H46N6O8. The number of aromatic nitrogens is 3. The second-order valence-electron chi connectivity index (χ2n) is 17.1.